The predicted octanol–water partition coefficient (Wildman–Crippen LogP) is 3.19. The number of aryl methyl sites for hydroxylation is 1. The van der Waals surface area contributed by atoms with Crippen LogP contribution >= 0.6 is 12.6 Å². The second-order valence-electron chi connectivity index (χ2n) is 5.86. The van der Waals surface area contributed by atoms with Crippen LogP contribution in [0.25, 0.3) is 11.0 Å². The van der Waals surface area contributed by atoms with E-state index in [9.17, 15) is 0 Å². The minimum atomic E-state index is 0.541. The molecular formula is C16H25N3S. The van der Waals surface area contributed by atoms with Gasteiger partial charge in [-0.25, -0.2) is 4.98 Å². The first kappa shape index (κ1) is 15.4. The van der Waals surface area contributed by atoms with Gasteiger partial charge >= 0.3 is 0 Å². The lowest BCUT2D eigenvalue weighted by molar-refractivity contribution is 0.383. The molecule has 0 fully saturated rings. The van der Waals surface area contributed by atoms with Crippen molar-refractivity contribution in [2.24, 2.45) is 0 Å². The number of rotatable bonds is 6. The highest BCUT2D eigenvalue weighted by atomic mass is 32.1. The Morgan fingerprint density at radius 1 is 1.30 bits per heavy atom. The summed E-state index contributed by atoms with van der Waals surface area (Å²) in [6, 6.07) is 6.68. The fourth-order valence-electron chi connectivity index (χ4n) is 2.40. The molecule has 0 aliphatic heterocycles. The molecule has 0 bridgehead atoms. The number of thiol groups is 1. The Morgan fingerprint density at radius 2 is 2.05 bits per heavy atom. The molecule has 0 aliphatic carbocycles. The molecule has 0 spiro atoms. The van der Waals surface area contributed by atoms with Crippen LogP contribution in [-0.2, 0) is 13.0 Å². The van der Waals surface area contributed by atoms with Crippen molar-refractivity contribution in [3.8, 4) is 0 Å². The molecule has 110 valence electrons. The van der Waals surface area contributed by atoms with Gasteiger partial charge in [0.1, 0.15) is 5.82 Å². The maximum atomic E-state index is 4.82. The van der Waals surface area contributed by atoms with Gasteiger partial charge in [-0.2, -0.15) is 12.6 Å². The first-order valence-corrected chi connectivity index (χ1v) is 7.90. The molecule has 2 rings (SSSR count). The van der Waals surface area contributed by atoms with Crippen LogP contribution in [0.3, 0.4) is 0 Å². The van der Waals surface area contributed by atoms with Gasteiger partial charge in [-0.1, -0.05) is 19.9 Å². The highest BCUT2D eigenvalue weighted by molar-refractivity contribution is 7.80. The highest BCUT2D eigenvalue weighted by Gasteiger charge is 2.11. The van der Waals surface area contributed by atoms with Crippen LogP contribution in [0.1, 0.15) is 31.2 Å². The first-order valence-electron chi connectivity index (χ1n) is 7.27. The third kappa shape index (κ3) is 3.36. The van der Waals surface area contributed by atoms with Crippen molar-refractivity contribution in [2.75, 3.05) is 26.4 Å². The Bertz CT molecular complexity index is 572. The molecule has 0 atom stereocenters. The van der Waals surface area contributed by atoms with Gasteiger partial charge in [-0.05, 0) is 43.5 Å². The van der Waals surface area contributed by atoms with E-state index in [1.54, 1.807) is 0 Å². The number of imidazole rings is 1. The van der Waals surface area contributed by atoms with Gasteiger partial charge in [0.15, 0.2) is 0 Å². The second kappa shape index (κ2) is 6.64. The van der Waals surface area contributed by atoms with Crippen LogP contribution in [0.4, 0.5) is 0 Å². The van der Waals surface area contributed by atoms with Gasteiger partial charge in [0, 0.05) is 19.5 Å². The van der Waals surface area contributed by atoms with E-state index >= 15 is 0 Å². The summed E-state index contributed by atoms with van der Waals surface area (Å²) in [6.45, 7) is 6.45. The fraction of sp³-hybridized carbons (Fsp3) is 0.562. The van der Waals surface area contributed by atoms with Crippen molar-refractivity contribution in [1.29, 1.82) is 0 Å². The number of benzene rings is 1. The van der Waals surface area contributed by atoms with Crippen LogP contribution in [0.15, 0.2) is 18.2 Å². The molecule has 0 saturated heterocycles. The Hall–Kier alpha value is -1.00. The van der Waals surface area contributed by atoms with Gasteiger partial charge < -0.3 is 9.47 Å². The lowest BCUT2D eigenvalue weighted by Gasteiger charge is -2.13. The number of likely N-dealkylation sites (N-methyl/N-ethyl adjacent to an activating group) is 1. The molecule has 0 aliphatic rings. The van der Waals surface area contributed by atoms with E-state index in [4.69, 9.17) is 4.98 Å². The zero-order valence-electron chi connectivity index (χ0n) is 12.9. The number of nitrogens with zero attached hydrogens (tertiary/aromatic N) is 3. The van der Waals surface area contributed by atoms with Crippen LogP contribution in [0.2, 0.25) is 0 Å². The van der Waals surface area contributed by atoms with Crippen molar-refractivity contribution in [3.05, 3.63) is 29.6 Å². The van der Waals surface area contributed by atoms with Crippen LogP contribution < -0.4 is 0 Å². The summed E-state index contributed by atoms with van der Waals surface area (Å²) < 4.78 is 2.34. The maximum absolute atomic E-state index is 4.82. The third-order valence-electron chi connectivity index (χ3n) is 3.62. The van der Waals surface area contributed by atoms with Crippen molar-refractivity contribution in [3.63, 3.8) is 0 Å². The predicted molar refractivity (Wildman–Crippen MR) is 89.9 cm³/mol. The molecule has 1 aromatic carbocycles. The fourth-order valence-corrected chi connectivity index (χ4v) is 2.60. The summed E-state index contributed by atoms with van der Waals surface area (Å²) in [4.78, 5) is 7.03. The number of aromatic nitrogens is 2. The molecule has 0 amide bonds. The van der Waals surface area contributed by atoms with Crippen molar-refractivity contribution >= 4 is 23.7 Å². The van der Waals surface area contributed by atoms with Crippen molar-refractivity contribution in [2.45, 2.75) is 32.7 Å². The SMILES string of the molecule is CC(C)c1ccc2c(c1)nc(CCS)n2CCN(C)C. The summed E-state index contributed by atoms with van der Waals surface area (Å²) in [5.41, 5.74) is 3.71. The minimum Gasteiger partial charge on any atom is -0.327 e. The average molecular weight is 291 g/mol. The van der Waals surface area contributed by atoms with Gasteiger partial charge in [-0.3, -0.25) is 0 Å². The van der Waals surface area contributed by atoms with Gasteiger partial charge in [-0.15, -0.1) is 0 Å². The molecular weight excluding hydrogens is 266 g/mol. The maximum Gasteiger partial charge on any atom is 0.110 e. The topological polar surface area (TPSA) is 21.1 Å². The van der Waals surface area contributed by atoms with E-state index < -0.39 is 0 Å². The highest BCUT2D eigenvalue weighted by Crippen LogP contribution is 2.22. The molecule has 3 nitrogen and oxygen atoms in total. The molecule has 4 heteroatoms. The zero-order chi connectivity index (χ0) is 14.7. The summed E-state index contributed by atoms with van der Waals surface area (Å²) in [7, 11) is 4.21. The molecule has 2 aromatic rings. The Labute approximate surface area is 127 Å². The molecule has 20 heavy (non-hydrogen) atoms. The first-order chi connectivity index (χ1) is 9.52. The Morgan fingerprint density at radius 3 is 2.65 bits per heavy atom. The molecule has 0 radical (unpaired) electrons. The van der Waals surface area contributed by atoms with E-state index in [0.29, 0.717) is 5.92 Å². The van der Waals surface area contributed by atoms with E-state index in [1.165, 1.54) is 11.1 Å². The molecule has 0 unspecified atom stereocenters. The van der Waals surface area contributed by atoms with E-state index in [-0.39, 0.29) is 0 Å². The largest absolute Gasteiger partial charge is 0.327 e. The summed E-state index contributed by atoms with van der Waals surface area (Å²) in [5, 5.41) is 0. The van der Waals surface area contributed by atoms with E-state index in [1.807, 2.05) is 0 Å². The summed E-state index contributed by atoms with van der Waals surface area (Å²) >= 11 is 4.36. The van der Waals surface area contributed by atoms with Crippen molar-refractivity contribution < 1.29 is 0 Å². The number of hydrogen-bond donors (Lipinski definition) is 1. The summed E-state index contributed by atoms with van der Waals surface area (Å²) in [6.07, 6.45) is 0.919. The number of fused-ring (bicyclic) bond motifs is 1. The monoisotopic (exact) mass is 291 g/mol. The Kier molecular flexibility index (Phi) is 5.11. The van der Waals surface area contributed by atoms with Crippen molar-refractivity contribution in [1.82, 2.24) is 14.5 Å². The molecule has 1 heterocycles. The van der Waals surface area contributed by atoms with Crippen LogP contribution in [0.5, 0.6) is 0 Å². The lowest BCUT2D eigenvalue weighted by atomic mass is 10.0. The molecule has 1 aromatic heterocycles. The van der Waals surface area contributed by atoms with E-state index in [2.05, 4.69) is 68.2 Å². The number of hydrogen-bond acceptors (Lipinski definition) is 3. The van der Waals surface area contributed by atoms with Gasteiger partial charge in [0.2, 0.25) is 0 Å². The summed E-state index contributed by atoms with van der Waals surface area (Å²) in [5.74, 6) is 2.53. The quantitative estimate of drug-likeness (QED) is 0.825. The average Bonchev–Trinajstić information content (AvgIpc) is 2.73. The molecule has 0 N–H and O–H groups in total. The van der Waals surface area contributed by atoms with Crippen LogP contribution in [-0.4, -0.2) is 40.8 Å². The Balaban J connectivity index is 2.43. The van der Waals surface area contributed by atoms with Gasteiger partial charge in [0.25, 0.3) is 0 Å². The van der Waals surface area contributed by atoms with E-state index in [0.717, 1.165) is 36.6 Å². The lowest BCUT2D eigenvalue weighted by Crippen LogP contribution is -2.19. The second-order valence-corrected chi connectivity index (χ2v) is 6.31. The smallest absolute Gasteiger partial charge is 0.110 e. The molecule has 0 saturated carbocycles. The van der Waals surface area contributed by atoms with Crippen LogP contribution in [0, 0.1) is 0 Å². The zero-order valence-corrected chi connectivity index (χ0v) is 13.8. The normalized spacial score (nSPS) is 11.9. The van der Waals surface area contributed by atoms with Gasteiger partial charge in [0.05, 0.1) is 11.0 Å². The standard InChI is InChI=1S/C16H25N3S/c1-12(2)13-5-6-15-14(11-13)17-16(7-10-20)19(15)9-8-18(3)4/h5-6,11-12,20H,7-10H2,1-4H3. The third-order valence-corrected chi connectivity index (χ3v) is 3.85. The minimum absolute atomic E-state index is 0.541.